The topological polar surface area (TPSA) is 59.7 Å². The van der Waals surface area contributed by atoms with Crippen LogP contribution >= 0.6 is 11.6 Å². The van der Waals surface area contributed by atoms with E-state index >= 15 is 0 Å². The summed E-state index contributed by atoms with van der Waals surface area (Å²) in [7, 11) is 0. The predicted octanol–water partition coefficient (Wildman–Crippen LogP) is 4.67. The molecular weight excluding hydrogens is 328 g/mol. The van der Waals surface area contributed by atoms with E-state index < -0.39 is 0 Å². The van der Waals surface area contributed by atoms with E-state index in [9.17, 15) is 9.90 Å². The number of halogens is 1. The lowest BCUT2D eigenvalue weighted by Gasteiger charge is -2.15. The highest BCUT2D eigenvalue weighted by atomic mass is 35.5. The molecule has 1 atom stereocenters. The van der Waals surface area contributed by atoms with Crippen LogP contribution in [-0.4, -0.2) is 11.7 Å². The van der Waals surface area contributed by atoms with Crippen molar-refractivity contribution in [1.29, 1.82) is 0 Å². The first-order chi connectivity index (χ1) is 11.6. The molecule has 3 aromatic rings. The van der Waals surface area contributed by atoms with Gasteiger partial charge in [0, 0.05) is 17.7 Å². The van der Waals surface area contributed by atoms with Gasteiger partial charge in [-0.05, 0) is 42.7 Å². The van der Waals surface area contributed by atoms with E-state index in [1.54, 1.807) is 30.3 Å². The maximum absolute atomic E-state index is 13.1. The Hall–Kier alpha value is -2.30. The molecule has 1 aromatic heterocycles. The minimum atomic E-state index is -0.255. The first kappa shape index (κ1) is 15.2. The maximum Gasteiger partial charge on any atom is 0.200 e. The number of benzene rings is 2. The first-order valence-electron chi connectivity index (χ1n) is 7.81. The molecule has 5 heteroatoms. The molecule has 1 unspecified atom stereocenters. The van der Waals surface area contributed by atoms with Gasteiger partial charge >= 0.3 is 0 Å². The highest BCUT2D eigenvalue weighted by Gasteiger charge is 2.27. The highest BCUT2D eigenvalue weighted by molar-refractivity contribution is 6.30. The SMILES string of the molecule is O=c1c(-c2ccc(Cl)cc2)c(C2CCCO2)oc2cc(O)ccc12. The van der Waals surface area contributed by atoms with E-state index in [2.05, 4.69) is 0 Å². The molecule has 0 spiro atoms. The molecule has 2 aromatic carbocycles. The van der Waals surface area contributed by atoms with Crippen molar-refractivity contribution in [2.45, 2.75) is 18.9 Å². The van der Waals surface area contributed by atoms with Gasteiger partial charge in [-0.15, -0.1) is 0 Å². The minimum absolute atomic E-state index is 0.0585. The summed E-state index contributed by atoms with van der Waals surface area (Å²) in [6.45, 7) is 0.645. The van der Waals surface area contributed by atoms with E-state index in [4.69, 9.17) is 20.8 Å². The lowest BCUT2D eigenvalue weighted by Crippen LogP contribution is -2.11. The molecular formula is C19H15ClO4. The average Bonchev–Trinajstić information content (AvgIpc) is 3.10. The molecule has 122 valence electrons. The third-order valence-corrected chi connectivity index (χ3v) is 4.51. The van der Waals surface area contributed by atoms with E-state index in [-0.39, 0.29) is 17.3 Å². The van der Waals surface area contributed by atoms with Crippen LogP contribution in [0.1, 0.15) is 24.7 Å². The van der Waals surface area contributed by atoms with Gasteiger partial charge < -0.3 is 14.3 Å². The molecule has 4 nitrogen and oxygen atoms in total. The molecule has 1 N–H and O–H groups in total. The standard InChI is InChI=1S/C19H15ClO4/c20-12-5-3-11(4-6-12)17-18(22)14-8-7-13(21)10-16(14)24-19(17)15-2-1-9-23-15/h3-8,10,15,21H,1-2,9H2. The zero-order chi connectivity index (χ0) is 16.7. The van der Waals surface area contributed by atoms with Gasteiger partial charge in [-0.2, -0.15) is 0 Å². The molecule has 24 heavy (non-hydrogen) atoms. The number of ether oxygens (including phenoxy) is 1. The zero-order valence-corrected chi connectivity index (χ0v) is 13.5. The Balaban J connectivity index is 2.03. The molecule has 2 heterocycles. The predicted molar refractivity (Wildman–Crippen MR) is 92.5 cm³/mol. The molecule has 0 bridgehead atoms. The van der Waals surface area contributed by atoms with Crippen LogP contribution in [0.15, 0.2) is 51.7 Å². The fraction of sp³-hybridized carbons (Fsp3) is 0.211. The van der Waals surface area contributed by atoms with E-state index in [1.165, 1.54) is 12.1 Å². The lowest BCUT2D eigenvalue weighted by molar-refractivity contribution is 0.0946. The molecule has 0 amide bonds. The zero-order valence-electron chi connectivity index (χ0n) is 12.8. The van der Waals surface area contributed by atoms with Crippen molar-refractivity contribution in [3.05, 3.63) is 63.5 Å². The average molecular weight is 343 g/mol. The summed E-state index contributed by atoms with van der Waals surface area (Å²) in [5, 5.41) is 10.7. The molecule has 1 fully saturated rings. The van der Waals surface area contributed by atoms with Crippen molar-refractivity contribution in [2.75, 3.05) is 6.61 Å². The van der Waals surface area contributed by atoms with Gasteiger partial charge in [-0.1, -0.05) is 23.7 Å². The van der Waals surface area contributed by atoms with Gasteiger partial charge in [0.25, 0.3) is 0 Å². The van der Waals surface area contributed by atoms with Gasteiger partial charge in [0.1, 0.15) is 23.2 Å². The van der Waals surface area contributed by atoms with Crippen LogP contribution in [0.4, 0.5) is 0 Å². The molecule has 0 saturated carbocycles. The number of hydrogen-bond donors (Lipinski definition) is 1. The summed E-state index contributed by atoms with van der Waals surface area (Å²) < 4.78 is 11.7. The van der Waals surface area contributed by atoms with Crippen molar-refractivity contribution in [1.82, 2.24) is 0 Å². The minimum Gasteiger partial charge on any atom is -0.508 e. The van der Waals surface area contributed by atoms with Gasteiger partial charge in [0.05, 0.1) is 10.9 Å². The Morgan fingerprint density at radius 2 is 1.92 bits per heavy atom. The summed E-state index contributed by atoms with van der Waals surface area (Å²) in [4.78, 5) is 13.1. The maximum atomic E-state index is 13.1. The van der Waals surface area contributed by atoms with Crippen LogP contribution in [0.5, 0.6) is 5.75 Å². The number of fused-ring (bicyclic) bond motifs is 1. The molecule has 0 aliphatic carbocycles. The summed E-state index contributed by atoms with van der Waals surface area (Å²) >= 11 is 5.96. The van der Waals surface area contributed by atoms with Crippen LogP contribution in [-0.2, 0) is 4.74 Å². The van der Waals surface area contributed by atoms with Gasteiger partial charge in [-0.25, -0.2) is 0 Å². The third kappa shape index (κ3) is 2.58. The monoisotopic (exact) mass is 342 g/mol. The van der Waals surface area contributed by atoms with Crippen LogP contribution in [0.25, 0.3) is 22.1 Å². The Bertz CT molecular complexity index is 954. The Labute approximate surface area is 143 Å². The third-order valence-electron chi connectivity index (χ3n) is 4.26. The summed E-state index contributed by atoms with van der Waals surface area (Å²) in [6.07, 6.45) is 1.47. The molecule has 1 aliphatic heterocycles. The van der Waals surface area contributed by atoms with Crippen molar-refractivity contribution < 1.29 is 14.3 Å². The molecule has 1 saturated heterocycles. The summed E-state index contributed by atoms with van der Waals surface area (Å²) in [6, 6.07) is 11.6. The summed E-state index contributed by atoms with van der Waals surface area (Å²) in [5.74, 6) is 0.570. The van der Waals surface area contributed by atoms with Crippen LogP contribution in [0.3, 0.4) is 0 Å². The number of aromatic hydroxyl groups is 1. The smallest absolute Gasteiger partial charge is 0.200 e. The van der Waals surface area contributed by atoms with Crippen molar-refractivity contribution in [3.63, 3.8) is 0 Å². The highest BCUT2D eigenvalue weighted by Crippen LogP contribution is 2.36. The van der Waals surface area contributed by atoms with Crippen molar-refractivity contribution >= 4 is 22.6 Å². The fourth-order valence-electron chi connectivity index (χ4n) is 3.10. The van der Waals surface area contributed by atoms with E-state index in [0.29, 0.717) is 33.9 Å². The van der Waals surface area contributed by atoms with Gasteiger partial charge in [-0.3, -0.25) is 4.79 Å². The van der Waals surface area contributed by atoms with Crippen molar-refractivity contribution in [3.8, 4) is 16.9 Å². The Kier molecular flexibility index (Phi) is 3.79. The van der Waals surface area contributed by atoms with Gasteiger partial charge in [0.2, 0.25) is 5.43 Å². The lowest BCUT2D eigenvalue weighted by atomic mass is 9.98. The van der Waals surface area contributed by atoms with Crippen LogP contribution in [0, 0.1) is 0 Å². The van der Waals surface area contributed by atoms with Crippen molar-refractivity contribution in [2.24, 2.45) is 0 Å². The second kappa shape index (κ2) is 5.96. The number of rotatable bonds is 2. The fourth-order valence-corrected chi connectivity index (χ4v) is 3.23. The Morgan fingerprint density at radius 3 is 2.62 bits per heavy atom. The second-order valence-electron chi connectivity index (χ2n) is 5.86. The van der Waals surface area contributed by atoms with E-state index in [0.717, 1.165) is 18.4 Å². The number of phenols is 1. The Morgan fingerprint density at radius 1 is 1.12 bits per heavy atom. The largest absolute Gasteiger partial charge is 0.508 e. The van der Waals surface area contributed by atoms with Gasteiger partial charge in [0.15, 0.2) is 0 Å². The first-order valence-corrected chi connectivity index (χ1v) is 8.18. The van der Waals surface area contributed by atoms with E-state index in [1.807, 2.05) is 0 Å². The molecule has 0 radical (unpaired) electrons. The number of phenolic OH excluding ortho intramolecular Hbond substituents is 1. The number of hydrogen-bond acceptors (Lipinski definition) is 4. The quantitative estimate of drug-likeness (QED) is 0.735. The van der Waals surface area contributed by atoms with Crippen LogP contribution in [0.2, 0.25) is 5.02 Å². The molecule has 4 rings (SSSR count). The normalized spacial score (nSPS) is 17.5. The second-order valence-corrected chi connectivity index (χ2v) is 6.30. The molecule has 1 aliphatic rings. The summed E-state index contributed by atoms with van der Waals surface area (Å²) in [5.41, 5.74) is 1.47. The van der Waals surface area contributed by atoms with Crippen LogP contribution < -0.4 is 5.43 Å².